The highest BCUT2D eigenvalue weighted by atomic mass is 15.4. The Kier molecular flexibility index (Phi) is 3.84. The van der Waals surface area contributed by atoms with E-state index in [0.29, 0.717) is 5.92 Å². The van der Waals surface area contributed by atoms with E-state index in [9.17, 15) is 0 Å². The quantitative estimate of drug-likeness (QED) is 0.735. The van der Waals surface area contributed by atoms with Gasteiger partial charge >= 0.3 is 0 Å². The number of piperidine rings is 1. The SMILES string of the molecule is CCc1cc(N2CCC(c3ccnc(C)n3)CC2)c2nncn2n1. The highest BCUT2D eigenvalue weighted by Gasteiger charge is 2.24. The molecule has 0 N–H and O–H groups in total. The first-order chi connectivity index (χ1) is 11.7. The topological polar surface area (TPSA) is 72.1 Å². The van der Waals surface area contributed by atoms with Gasteiger partial charge in [-0.15, -0.1) is 10.2 Å². The number of nitrogens with zero attached hydrogens (tertiary/aromatic N) is 7. The fourth-order valence-electron chi connectivity index (χ4n) is 3.38. The molecule has 0 unspecified atom stereocenters. The lowest BCUT2D eigenvalue weighted by atomic mass is 9.93. The highest BCUT2D eigenvalue weighted by Crippen LogP contribution is 2.31. The van der Waals surface area contributed by atoms with Gasteiger partial charge in [-0.25, -0.2) is 9.97 Å². The number of aryl methyl sites for hydroxylation is 2. The molecule has 0 atom stereocenters. The first-order valence-electron chi connectivity index (χ1n) is 8.49. The van der Waals surface area contributed by atoms with E-state index in [1.807, 2.05) is 19.2 Å². The zero-order chi connectivity index (χ0) is 16.5. The number of aromatic nitrogens is 6. The molecule has 3 aromatic rings. The number of rotatable bonds is 3. The molecule has 1 aliphatic rings. The molecule has 0 radical (unpaired) electrons. The van der Waals surface area contributed by atoms with E-state index in [1.54, 1.807) is 10.8 Å². The average Bonchev–Trinajstić information content (AvgIpc) is 3.09. The van der Waals surface area contributed by atoms with Crippen LogP contribution in [0.4, 0.5) is 5.69 Å². The molecule has 0 amide bonds. The molecular formula is C17H21N7. The molecular weight excluding hydrogens is 302 g/mol. The van der Waals surface area contributed by atoms with Gasteiger partial charge in [0, 0.05) is 30.9 Å². The first-order valence-corrected chi connectivity index (χ1v) is 8.49. The minimum Gasteiger partial charge on any atom is -0.368 e. The lowest BCUT2D eigenvalue weighted by Gasteiger charge is -2.33. The Bertz CT molecular complexity index is 849. The lowest BCUT2D eigenvalue weighted by Crippen LogP contribution is -2.33. The predicted octanol–water partition coefficient (Wildman–Crippen LogP) is 2.17. The summed E-state index contributed by atoms with van der Waals surface area (Å²) in [6.07, 6.45) is 6.60. The smallest absolute Gasteiger partial charge is 0.200 e. The van der Waals surface area contributed by atoms with Gasteiger partial charge in [0.1, 0.15) is 12.2 Å². The van der Waals surface area contributed by atoms with Crippen LogP contribution in [-0.2, 0) is 6.42 Å². The summed E-state index contributed by atoms with van der Waals surface area (Å²) < 4.78 is 1.79. The minimum atomic E-state index is 0.504. The molecule has 0 spiro atoms. The van der Waals surface area contributed by atoms with Gasteiger partial charge in [-0.05, 0) is 38.3 Å². The summed E-state index contributed by atoms with van der Waals surface area (Å²) in [5, 5.41) is 12.8. The van der Waals surface area contributed by atoms with E-state index in [1.165, 1.54) is 5.69 Å². The molecule has 7 nitrogen and oxygen atoms in total. The first kappa shape index (κ1) is 15.0. The van der Waals surface area contributed by atoms with Gasteiger partial charge in [-0.2, -0.15) is 9.61 Å². The minimum absolute atomic E-state index is 0.504. The predicted molar refractivity (Wildman–Crippen MR) is 91.1 cm³/mol. The number of anilines is 1. The van der Waals surface area contributed by atoms with Gasteiger partial charge in [0.05, 0.1) is 11.4 Å². The molecule has 0 aromatic carbocycles. The Morgan fingerprint density at radius 3 is 2.83 bits per heavy atom. The second-order valence-electron chi connectivity index (χ2n) is 6.26. The van der Waals surface area contributed by atoms with E-state index in [-0.39, 0.29) is 0 Å². The summed E-state index contributed by atoms with van der Waals surface area (Å²) >= 11 is 0. The van der Waals surface area contributed by atoms with Crippen molar-refractivity contribution in [1.29, 1.82) is 0 Å². The molecule has 0 bridgehead atoms. The van der Waals surface area contributed by atoms with Crippen molar-refractivity contribution in [3.8, 4) is 0 Å². The molecule has 4 rings (SSSR count). The molecule has 1 fully saturated rings. The van der Waals surface area contributed by atoms with Crippen molar-refractivity contribution >= 4 is 11.3 Å². The summed E-state index contributed by atoms with van der Waals surface area (Å²) in [5.74, 6) is 1.35. The third kappa shape index (κ3) is 2.70. The Labute approximate surface area is 140 Å². The Balaban J connectivity index is 1.57. The normalized spacial score (nSPS) is 16.0. The largest absolute Gasteiger partial charge is 0.368 e. The molecule has 1 saturated heterocycles. The number of hydrogen-bond donors (Lipinski definition) is 0. The Morgan fingerprint density at radius 1 is 1.25 bits per heavy atom. The van der Waals surface area contributed by atoms with Crippen LogP contribution in [0.15, 0.2) is 24.7 Å². The van der Waals surface area contributed by atoms with Gasteiger partial charge < -0.3 is 4.90 Å². The summed E-state index contributed by atoms with van der Waals surface area (Å²) in [7, 11) is 0. The monoisotopic (exact) mass is 323 g/mol. The van der Waals surface area contributed by atoms with Crippen LogP contribution in [0.1, 0.15) is 42.9 Å². The Morgan fingerprint density at radius 2 is 2.08 bits per heavy atom. The molecule has 4 heterocycles. The molecule has 1 aliphatic heterocycles. The second kappa shape index (κ2) is 6.14. The number of hydrogen-bond acceptors (Lipinski definition) is 6. The second-order valence-corrected chi connectivity index (χ2v) is 6.26. The maximum absolute atomic E-state index is 4.60. The fraction of sp³-hybridized carbons (Fsp3) is 0.471. The van der Waals surface area contributed by atoms with Gasteiger partial charge in [0.2, 0.25) is 5.65 Å². The average molecular weight is 323 g/mol. The van der Waals surface area contributed by atoms with E-state index < -0.39 is 0 Å². The lowest BCUT2D eigenvalue weighted by molar-refractivity contribution is 0.494. The zero-order valence-corrected chi connectivity index (χ0v) is 14.1. The fourth-order valence-corrected chi connectivity index (χ4v) is 3.38. The van der Waals surface area contributed by atoms with Crippen molar-refractivity contribution in [3.63, 3.8) is 0 Å². The van der Waals surface area contributed by atoms with Crippen LogP contribution < -0.4 is 4.90 Å². The van der Waals surface area contributed by atoms with Crippen LogP contribution in [0.2, 0.25) is 0 Å². The van der Waals surface area contributed by atoms with Crippen molar-refractivity contribution in [2.45, 2.75) is 39.0 Å². The van der Waals surface area contributed by atoms with Gasteiger partial charge in [0.25, 0.3) is 0 Å². The molecule has 3 aromatic heterocycles. The van der Waals surface area contributed by atoms with E-state index in [2.05, 4.69) is 43.2 Å². The zero-order valence-electron chi connectivity index (χ0n) is 14.1. The van der Waals surface area contributed by atoms with Crippen LogP contribution >= 0.6 is 0 Å². The van der Waals surface area contributed by atoms with Gasteiger partial charge in [-0.3, -0.25) is 0 Å². The molecule has 124 valence electrons. The summed E-state index contributed by atoms with van der Waals surface area (Å²) in [5.41, 5.74) is 4.20. The van der Waals surface area contributed by atoms with Crippen LogP contribution in [0.3, 0.4) is 0 Å². The molecule has 0 aliphatic carbocycles. The van der Waals surface area contributed by atoms with E-state index >= 15 is 0 Å². The van der Waals surface area contributed by atoms with Gasteiger partial charge in [-0.1, -0.05) is 6.92 Å². The Hall–Kier alpha value is -2.57. The maximum atomic E-state index is 4.60. The molecule has 0 saturated carbocycles. The van der Waals surface area contributed by atoms with Crippen molar-refractivity contribution in [2.24, 2.45) is 0 Å². The molecule has 24 heavy (non-hydrogen) atoms. The summed E-state index contributed by atoms with van der Waals surface area (Å²) in [6.45, 7) is 6.04. The maximum Gasteiger partial charge on any atom is 0.200 e. The van der Waals surface area contributed by atoms with Crippen molar-refractivity contribution in [2.75, 3.05) is 18.0 Å². The van der Waals surface area contributed by atoms with Gasteiger partial charge in [0.15, 0.2) is 0 Å². The summed E-state index contributed by atoms with van der Waals surface area (Å²) in [6, 6.07) is 4.20. The van der Waals surface area contributed by atoms with Crippen molar-refractivity contribution < 1.29 is 0 Å². The third-order valence-electron chi connectivity index (χ3n) is 4.71. The van der Waals surface area contributed by atoms with Crippen LogP contribution in [-0.4, -0.2) is 42.9 Å². The molecule has 7 heteroatoms. The van der Waals surface area contributed by atoms with E-state index in [4.69, 9.17) is 0 Å². The highest BCUT2D eigenvalue weighted by molar-refractivity contribution is 5.68. The van der Waals surface area contributed by atoms with Crippen LogP contribution in [0, 0.1) is 6.92 Å². The standard InChI is InChI=1S/C17H21N7/c1-3-14-10-16(17-21-19-11-24(17)22-14)23-8-5-13(6-9-23)15-4-7-18-12(2)20-15/h4,7,10-11,13H,3,5-6,8-9H2,1-2H3. The summed E-state index contributed by atoms with van der Waals surface area (Å²) in [4.78, 5) is 11.2. The van der Waals surface area contributed by atoms with Crippen molar-refractivity contribution in [3.05, 3.63) is 41.9 Å². The van der Waals surface area contributed by atoms with Crippen molar-refractivity contribution in [1.82, 2.24) is 29.8 Å². The third-order valence-corrected chi connectivity index (χ3v) is 4.71. The van der Waals surface area contributed by atoms with E-state index in [0.717, 1.165) is 55.2 Å². The van der Waals surface area contributed by atoms with Crippen LogP contribution in [0.5, 0.6) is 0 Å². The number of fused-ring (bicyclic) bond motifs is 1. The van der Waals surface area contributed by atoms with Crippen LogP contribution in [0.25, 0.3) is 5.65 Å².